The van der Waals surface area contributed by atoms with Crippen molar-refractivity contribution in [1.82, 2.24) is 10.9 Å². The van der Waals surface area contributed by atoms with Gasteiger partial charge in [-0.2, -0.15) is 0 Å². The first-order valence-corrected chi connectivity index (χ1v) is 9.78. The van der Waals surface area contributed by atoms with Crippen molar-refractivity contribution >= 4 is 23.4 Å². The minimum absolute atomic E-state index is 0.233. The number of amides is 3. The van der Waals surface area contributed by atoms with E-state index in [9.17, 15) is 14.4 Å². The van der Waals surface area contributed by atoms with Crippen molar-refractivity contribution in [3.05, 3.63) is 95.1 Å². The van der Waals surface area contributed by atoms with Crippen LogP contribution in [0.25, 0.3) is 0 Å². The van der Waals surface area contributed by atoms with Gasteiger partial charge in [0.15, 0.2) is 0 Å². The van der Waals surface area contributed by atoms with Crippen molar-refractivity contribution in [3.8, 4) is 5.75 Å². The zero-order chi connectivity index (χ0) is 22.2. The normalized spacial score (nSPS) is 10.1. The fourth-order valence-corrected chi connectivity index (χ4v) is 2.82. The van der Waals surface area contributed by atoms with Crippen LogP contribution in [0.15, 0.2) is 72.8 Å². The number of rotatable bonds is 6. The summed E-state index contributed by atoms with van der Waals surface area (Å²) >= 11 is 0. The van der Waals surface area contributed by atoms with E-state index in [-0.39, 0.29) is 5.91 Å². The number of anilines is 1. The maximum atomic E-state index is 12.3. The average molecular weight is 417 g/mol. The Bertz CT molecular complexity index is 1080. The zero-order valence-electron chi connectivity index (χ0n) is 17.3. The molecule has 7 heteroatoms. The molecule has 3 rings (SSSR count). The molecule has 0 aliphatic heterocycles. The molecule has 3 aromatic carbocycles. The molecule has 0 aliphatic carbocycles. The van der Waals surface area contributed by atoms with E-state index in [0.717, 1.165) is 5.56 Å². The molecule has 3 N–H and O–H groups in total. The zero-order valence-corrected chi connectivity index (χ0v) is 17.3. The Morgan fingerprint density at radius 3 is 1.87 bits per heavy atom. The molecular weight excluding hydrogens is 394 g/mol. The lowest BCUT2D eigenvalue weighted by Gasteiger charge is -2.09. The lowest BCUT2D eigenvalue weighted by molar-refractivity contribution is 0.0846. The lowest BCUT2D eigenvalue weighted by atomic mass is 10.1. The summed E-state index contributed by atoms with van der Waals surface area (Å²) in [4.78, 5) is 36.8. The van der Waals surface area contributed by atoms with Gasteiger partial charge in [-0.05, 0) is 74.5 Å². The SMILES string of the molecule is CCOc1ccc(C(=O)NNC(=O)c2ccc(NC(=O)c3cccc(C)c3)cc2)cc1. The van der Waals surface area contributed by atoms with E-state index in [1.54, 1.807) is 60.7 Å². The smallest absolute Gasteiger partial charge is 0.269 e. The largest absolute Gasteiger partial charge is 0.494 e. The van der Waals surface area contributed by atoms with E-state index >= 15 is 0 Å². The summed E-state index contributed by atoms with van der Waals surface area (Å²) in [5.41, 5.74) is 7.57. The highest BCUT2D eigenvalue weighted by Crippen LogP contribution is 2.13. The molecule has 31 heavy (non-hydrogen) atoms. The third-order valence-electron chi connectivity index (χ3n) is 4.40. The van der Waals surface area contributed by atoms with Crippen molar-refractivity contribution in [1.29, 1.82) is 0 Å². The second-order valence-corrected chi connectivity index (χ2v) is 6.77. The number of hydrazine groups is 1. The molecule has 0 atom stereocenters. The summed E-state index contributed by atoms with van der Waals surface area (Å²) in [6.45, 7) is 4.33. The van der Waals surface area contributed by atoms with Crippen LogP contribution in [-0.2, 0) is 0 Å². The predicted molar refractivity (Wildman–Crippen MR) is 118 cm³/mol. The molecule has 3 amide bonds. The molecule has 0 radical (unpaired) electrons. The van der Waals surface area contributed by atoms with Crippen LogP contribution in [0.1, 0.15) is 43.6 Å². The fraction of sp³-hybridized carbons (Fsp3) is 0.125. The first-order valence-electron chi connectivity index (χ1n) is 9.78. The number of benzene rings is 3. The molecule has 0 aliphatic rings. The minimum atomic E-state index is -0.476. The lowest BCUT2D eigenvalue weighted by Crippen LogP contribution is -2.41. The van der Waals surface area contributed by atoms with Crippen LogP contribution in [0, 0.1) is 6.92 Å². The molecule has 7 nitrogen and oxygen atoms in total. The van der Waals surface area contributed by atoms with Gasteiger partial charge in [-0.25, -0.2) is 0 Å². The average Bonchev–Trinajstić information content (AvgIpc) is 2.78. The monoisotopic (exact) mass is 417 g/mol. The molecule has 0 saturated carbocycles. The highest BCUT2D eigenvalue weighted by atomic mass is 16.5. The summed E-state index contributed by atoms with van der Waals surface area (Å²) < 4.78 is 5.33. The molecule has 0 bridgehead atoms. The van der Waals surface area contributed by atoms with E-state index in [1.807, 2.05) is 26.0 Å². The van der Waals surface area contributed by atoms with Crippen LogP contribution in [0.5, 0.6) is 5.75 Å². The van der Waals surface area contributed by atoms with Crippen molar-refractivity contribution < 1.29 is 19.1 Å². The van der Waals surface area contributed by atoms with E-state index in [2.05, 4.69) is 16.2 Å². The Morgan fingerprint density at radius 1 is 0.742 bits per heavy atom. The quantitative estimate of drug-likeness (QED) is 0.533. The second-order valence-electron chi connectivity index (χ2n) is 6.77. The van der Waals surface area contributed by atoms with Crippen molar-refractivity contribution in [2.75, 3.05) is 11.9 Å². The van der Waals surface area contributed by atoms with Gasteiger partial charge in [-0.1, -0.05) is 17.7 Å². The third kappa shape index (κ3) is 5.93. The van der Waals surface area contributed by atoms with Gasteiger partial charge in [-0.3, -0.25) is 25.2 Å². The van der Waals surface area contributed by atoms with E-state index < -0.39 is 11.8 Å². The first-order chi connectivity index (χ1) is 15.0. The van der Waals surface area contributed by atoms with Crippen LogP contribution in [0.4, 0.5) is 5.69 Å². The van der Waals surface area contributed by atoms with E-state index in [4.69, 9.17) is 4.74 Å². The summed E-state index contributed by atoms with van der Waals surface area (Å²) in [5, 5.41) is 2.79. The molecule has 158 valence electrons. The summed E-state index contributed by atoms with van der Waals surface area (Å²) in [6.07, 6.45) is 0. The summed E-state index contributed by atoms with van der Waals surface area (Å²) in [7, 11) is 0. The van der Waals surface area contributed by atoms with Gasteiger partial charge in [0, 0.05) is 22.4 Å². The van der Waals surface area contributed by atoms with Gasteiger partial charge in [0.2, 0.25) is 0 Å². The number of carbonyl (C=O) groups excluding carboxylic acids is 3. The van der Waals surface area contributed by atoms with Crippen molar-refractivity contribution in [2.24, 2.45) is 0 Å². The number of hydrogen-bond acceptors (Lipinski definition) is 4. The van der Waals surface area contributed by atoms with Crippen molar-refractivity contribution in [2.45, 2.75) is 13.8 Å². The number of aryl methyl sites for hydroxylation is 1. The highest BCUT2D eigenvalue weighted by Gasteiger charge is 2.11. The topological polar surface area (TPSA) is 96.5 Å². The summed E-state index contributed by atoms with van der Waals surface area (Å²) in [5.74, 6) is -0.490. The van der Waals surface area contributed by atoms with Gasteiger partial charge >= 0.3 is 0 Å². The second kappa shape index (κ2) is 10.1. The van der Waals surface area contributed by atoms with Gasteiger partial charge in [0.25, 0.3) is 17.7 Å². The van der Waals surface area contributed by atoms with Crippen LogP contribution >= 0.6 is 0 Å². The summed E-state index contributed by atoms with van der Waals surface area (Å²) in [6, 6.07) is 20.2. The Hall–Kier alpha value is -4.13. The molecule has 0 spiro atoms. The maximum absolute atomic E-state index is 12.3. The van der Waals surface area contributed by atoms with Crippen molar-refractivity contribution in [3.63, 3.8) is 0 Å². The molecule has 0 aromatic heterocycles. The van der Waals surface area contributed by atoms with Gasteiger partial charge in [-0.15, -0.1) is 0 Å². The first kappa shape index (κ1) is 21.6. The molecule has 0 unspecified atom stereocenters. The standard InChI is InChI=1S/C24H23N3O4/c1-3-31-21-13-9-18(10-14-21)24(30)27-26-23(29)17-7-11-20(12-8-17)25-22(28)19-6-4-5-16(2)15-19/h4-15H,3H2,1-2H3,(H,25,28)(H,26,29)(H,27,30). The maximum Gasteiger partial charge on any atom is 0.269 e. The van der Waals surface area contributed by atoms with E-state index in [0.29, 0.717) is 34.7 Å². The van der Waals surface area contributed by atoms with Crippen LogP contribution in [-0.4, -0.2) is 24.3 Å². The fourth-order valence-electron chi connectivity index (χ4n) is 2.82. The Labute approximate surface area is 180 Å². The van der Waals surface area contributed by atoms with Gasteiger partial charge in [0.1, 0.15) is 5.75 Å². The van der Waals surface area contributed by atoms with Crippen LogP contribution in [0.3, 0.4) is 0 Å². The minimum Gasteiger partial charge on any atom is -0.494 e. The Morgan fingerprint density at radius 2 is 1.32 bits per heavy atom. The number of hydrogen-bond donors (Lipinski definition) is 3. The highest BCUT2D eigenvalue weighted by molar-refractivity contribution is 6.05. The predicted octanol–water partition coefficient (Wildman–Crippen LogP) is 3.72. The Kier molecular flexibility index (Phi) is 7.01. The molecular formula is C24H23N3O4. The molecule has 0 heterocycles. The van der Waals surface area contributed by atoms with Crippen LogP contribution in [0.2, 0.25) is 0 Å². The van der Waals surface area contributed by atoms with Gasteiger partial charge in [0.05, 0.1) is 6.61 Å². The number of nitrogens with one attached hydrogen (secondary N) is 3. The number of ether oxygens (including phenoxy) is 1. The third-order valence-corrected chi connectivity index (χ3v) is 4.40. The molecule has 0 saturated heterocycles. The van der Waals surface area contributed by atoms with E-state index in [1.165, 1.54) is 0 Å². The molecule has 0 fully saturated rings. The van der Waals surface area contributed by atoms with Gasteiger partial charge < -0.3 is 10.1 Å². The van der Waals surface area contributed by atoms with Crippen LogP contribution < -0.4 is 20.9 Å². The molecule has 3 aromatic rings. The Balaban J connectivity index is 1.54. The number of carbonyl (C=O) groups is 3.